The summed E-state index contributed by atoms with van der Waals surface area (Å²) in [5, 5.41) is 18.6. The highest BCUT2D eigenvalue weighted by atomic mass is 35.5. The molecule has 4 N–H and O–H groups in total. The summed E-state index contributed by atoms with van der Waals surface area (Å²) in [4.78, 5) is 50.3. The number of ether oxygens (including phenoxy) is 1. The Morgan fingerprint density at radius 2 is 1.97 bits per heavy atom. The van der Waals surface area contributed by atoms with Crippen LogP contribution in [0.4, 0.5) is 5.69 Å². The maximum Gasteiger partial charge on any atom is 0.325 e. The Bertz CT molecular complexity index is 1220. The van der Waals surface area contributed by atoms with E-state index >= 15 is 0 Å². The van der Waals surface area contributed by atoms with E-state index in [9.17, 15) is 19.2 Å². The molecule has 2 aromatic rings. The van der Waals surface area contributed by atoms with Gasteiger partial charge in [-0.15, -0.1) is 23.5 Å². The molecule has 1 heterocycles. The number of halogens is 1. The lowest BCUT2D eigenvalue weighted by Crippen LogP contribution is -2.46. The van der Waals surface area contributed by atoms with E-state index in [1.54, 1.807) is 7.11 Å². The van der Waals surface area contributed by atoms with Crippen LogP contribution < -0.4 is 20.7 Å². The molecule has 0 saturated carbocycles. The third kappa shape index (κ3) is 8.44. The average Bonchev–Trinajstić information content (AvgIpc) is 3.43. The zero-order valence-electron chi connectivity index (χ0n) is 20.7. The van der Waals surface area contributed by atoms with Gasteiger partial charge in [-0.3, -0.25) is 19.2 Å². The van der Waals surface area contributed by atoms with Gasteiger partial charge in [0.1, 0.15) is 17.8 Å². The Hall–Kier alpha value is -3.15. The number of thioether (sulfide) groups is 2. The molecule has 0 saturated heterocycles. The predicted molar refractivity (Wildman–Crippen MR) is 150 cm³/mol. The molecule has 1 aliphatic rings. The Kier molecular flexibility index (Phi) is 10.9. The number of carboxylic acid groups (broad SMARTS) is 1. The highest BCUT2D eigenvalue weighted by Gasteiger charge is 2.27. The van der Waals surface area contributed by atoms with Gasteiger partial charge in [0.25, 0.3) is 5.91 Å². The first-order chi connectivity index (χ1) is 18.2. The summed E-state index contributed by atoms with van der Waals surface area (Å²) < 4.78 is 5.25. The smallest absolute Gasteiger partial charge is 0.325 e. The van der Waals surface area contributed by atoms with Gasteiger partial charge < -0.3 is 25.8 Å². The minimum absolute atomic E-state index is 0.0421. The second-order valence-electron chi connectivity index (χ2n) is 8.33. The molecule has 12 heteroatoms. The molecular formula is C26H28ClN3O6S2. The van der Waals surface area contributed by atoms with Crippen LogP contribution in [0.5, 0.6) is 5.75 Å². The fraction of sp³-hybridized carbons (Fsp3) is 0.308. The van der Waals surface area contributed by atoms with Gasteiger partial charge in [-0.1, -0.05) is 23.7 Å². The predicted octanol–water partition coefficient (Wildman–Crippen LogP) is 4.18. The molecule has 3 amide bonds. The van der Waals surface area contributed by atoms with Crippen LogP contribution in [0.1, 0.15) is 30.1 Å². The summed E-state index contributed by atoms with van der Waals surface area (Å²) in [5.41, 5.74) is 0.405. The van der Waals surface area contributed by atoms with E-state index in [1.165, 1.54) is 48.6 Å². The first-order valence-corrected chi connectivity index (χ1v) is 14.0. The lowest BCUT2D eigenvalue weighted by Gasteiger charge is -2.20. The molecule has 0 bridgehead atoms. The van der Waals surface area contributed by atoms with Crippen LogP contribution in [0, 0.1) is 0 Å². The average molecular weight is 578 g/mol. The number of amides is 3. The van der Waals surface area contributed by atoms with Crippen molar-refractivity contribution in [3.05, 3.63) is 64.5 Å². The summed E-state index contributed by atoms with van der Waals surface area (Å²) in [5.74, 6) is -1.18. The van der Waals surface area contributed by atoms with Crippen molar-refractivity contribution in [2.75, 3.05) is 18.2 Å². The SMILES string of the molecule is COc1cccc(SCCC(NC(=O)C2CC=CS2)C(=O)Nc2ccc(C(=O)N[C@@H](C)C(=O)O)c(Cl)c2)c1. The zero-order valence-corrected chi connectivity index (χ0v) is 23.1. The number of hydrogen-bond donors (Lipinski definition) is 4. The highest BCUT2D eigenvalue weighted by Crippen LogP contribution is 2.26. The third-order valence-corrected chi connectivity index (χ3v) is 7.95. The van der Waals surface area contributed by atoms with E-state index in [-0.39, 0.29) is 21.7 Å². The number of hydrogen-bond acceptors (Lipinski definition) is 7. The fourth-order valence-corrected chi connectivity index (χ4v) is 5.47. The number of benzene rings is 2. The Labute approximate surface area is 234 Å². The molecule has 0 fully saturated rings. The van der Waals surface area contributed by atoms with Crippen molar-refractivity contribution < 1.29 is 29.0 Å². The van der Waals surface area contributed by atoms with Crippen LogP contribution >= 0.6 is 35.1 Å². The minimum atomic E-state index is -1.18. The topological polar surface area (TPSA) is 134 Å². The molecule has 0 aliphatic carbocycles. The fourth-order valence-electron chi connectivity index (χ4n) is 3.42. The third-order valence-electron chi connectivity index (χ3n) is 5.53. The highest BCUT2D eigenvalue weighted by molar-refractivity contribution is 8.03. The van der Waals surface area contributed by atoms with Gasteiger partial charge in [-0.05, 0) is 61.6 Å². The molecule has 3 atom stereocenters. The van der Waals surface area contributed by atoms with Gasteiger partial charge in [0.2, 0.25) is 11.8 Å². The number of aliphatic carboxylic acids is 1. The lowest BCUT2D eigenvalue weighted by atomic mass is 10.1. The summed E-state index contributed by atoms with van der Waals surface area (Å²) in [6.07, 6.45) is 2.88. The normalized spacial score (nSPS) is 15.8. The van der Waals surface area contributed by atoms with E-state index in [4.69, 9.17) is 21.4 Å². The minimum Gasteiger partial charge on any atom is -0.497 e. The molecule has 2 aromatic carbocycles. The number of carbonyl (C=O) groups excluding carboxylic acids is 3. The van der Waals surface area contributed by atoms with Crippen molar-refractivity contribution in [3.63, 3.8) is 0 Å². The monoisotopic (exact) mass is 577 g/mol. The molecule has 0 aromatic heterocycles. The van der Waals surface area contributed by atoms with Crippen LogP contribution in [-0.2, 0) is 14.4 Å². The quantitative estimate of drug-likeness (QED) is 0.276. The van der Waals surface area contributed by atoms with Crippen LogP contribution in [0.2, 0.25) is 5.02 Å². The Morgan fingerprint density at radius 3 is 2.63 bits per heavy atom. The second-order valence-corrected chi connectivity index (χ2v) is 11.0. The number of allylic oxidation sites excluding steroid dienone is 1. The van der Waals surface area contributed by atoms with E-state index in [0.29, 0.717) is 24.3 Å². The number of carboxylic acids is 1. The number of anilines is 1. The van der Waals surface area contributed by atoms with Gasteiger partial charge in [0, 0.05) is 16.3 Å². The van der Waals surface area contributed by atoms with Crippen molar-refractivity contribution in [1.29, 1.82) is 0 Å². The Morgan fingerprint density at radius 1 is 1.18 bits per heavy atom. The number of methoxy groups -OCH3 is 1. The standard InChI is InChI=1S/C26H28ClN3O6S2/c1-15(26(34)35)28-23(31)19-9-8-16(13-20(19)27)29-24(32)21(30-25(33)22-7-4-11-38-22)10-12-37-18-6-3-5-17(14-18)36-2/h3-6,8-9,11,13-15,21-22H,7,10,12H2,1-2H3,(H,28,31)(H,29,32)(H,30,33)(H,34,35)/t15-,21?,22?/m0/s1. The second kappa shape index (κ2) is 14.1. The summed E-state index contributed by atoms with van der Waals surface area (Å²) in [6.45, 7) is 1.34. The van der Waals surface area contributed by atoms with Gasteiger partial charge in [-0.25, -0.2) is 0 Å². The van der Waals surface area contributed by atoms with Crippen molar-refractivity contribution in [3.8, 4) is 5.75 Å². The summed E-state index contributed by atoms with van der Waals surface area (Å²) >= 11 is 9.19. The maximum atomic E-state index is 13.2. The van der Waals surface area contributed by atoms with Crippen LogP contribution in [-0.4, -0.2) is 59.0 Å². The first-order valence-electron chi connectivity index (χ1n) is 11.7. The van der Waals surface area contributed by atoms with Crippen molar-refractivity contribution in [1.82, 2.24) is 10.6 Å². The molecule has 9 nitrogen and oxygen atoms in total. The maximum absolute atomic E-state index is 13.2. The molecule has 202 valence electrons. The van der Waals surface area contributed by atoms with E-state index < -0.39 is 29.9 Å². The van der Waals surface area contributed by atoms with Crippen molar-refractivity contribution >= 4 is 64.5 Å². The number of rotatable bonds is 12. The first kappa shape index (κ1) is 29.4. The van der Waals surface area contributed by atoms with E-state index in [1.807, 2.05) is 35.7 Å². The lowest BCUT2D eigenvalue weighted by molar-refractivity contribution is -0.138. The number of nitrogens with one attached hydrogen (secondary N) is 3. The van der Waals surface area contributed by atoms with Crippen molar-refractivity contribution in [2.45, 2.75) is 42.0 Å². The van der Waals surface area contributed by atoms with Crippen LogP contribution in [0.15, 0.2) is 58.8 Å². The van der Waals surface area contributed by atoms with E-state index in [2.05, 4.69) is 16.0 Å². The van der Waals surface area contributed by atoms with Gasteiger partial charge >= 0.3 is 5.97 Å². The summed E-state index contributed by atoms with van der Waals surface area (Å²) in [7, 11) is 1.59. The molecule has 3 rings (SSSR count). The van der Waals surface area contributed by atoms with Crippen molar-refractivity contribution in [2.24, 2.45) is 0 Å². The molecule has 0 radical (unpaired) electrons. The molecule has 2 unspecified atom stereocenters. The van der Waals surface area contributed by atoms with Crippen LogP contribution in [0.25, 0.3) is 0 Å². The summed E-state index contributed by atoms with van der Waals surface area (Å²) in [6, 6.07) is 9.97. The molecule has 0 spiro atoms. The van der Waals surface area contributed by atoms with E-state index in [0.717, 1.165) is 10.6 Å². The van der Waals surface area contributed by atoms with Crippen LogP contribution in [0.3, 0.4) is 0 Å². The number of carbonyl (C=O) groups is 4. The Balaban J connectivity index is 1.67. The molecule has 1 aliphatic heterocycles. The largest absolute Gasteiger partial charge is 0.497 e. The molecular weight excluding hydrogens is 550 g/mol. The van der Waals surface area contributed by atoms with Gasteiger partial charge in [0.05, 0.1) is 22.9 Å². The molecule has 38 heavy (non-hydrogen) atoms. The van der Waals surface area contributed by atoms with Gasteiger partial charge in [-0.2, -0.15) is 0 Å². The van der Waals surface area contributed by atoms with Gasteiger partial charge in [0.15, 0.2) is 0 Å². The zero-order chi connectivity index (χ0) is 27.7.